The largest absolute Gasteiger partial charge is 0.507 e. The van der Waals surface area contributed by atoms with E-state index in [4.69, 9.17) is 24.3 Å². The summed E-state index contributed by atoms with van der Waals surface area (Å²) in [5.74, 6) is 1.09. The van der Waals surface area contributed by atoms with Crippen LogP contribution in [0.15, 0.2) is 83.1 Å². The van der Waals surface area contributed by atoms with Gasteiger partial charge in [0.25, 0.3) is 5.88 Å². The Morgan fingerprint density at radius 1 is 0.945 bits per heavy atom. The van der Waals surface area contributed by atoms with E-state index in [-0.39, 0.29) is 48.5 Å². The summed E-state index contributed by atoms with van der Waals surface area (Å²) >= 11 is 1.59. The van der Waals surface area contributed by atoms with Crippen molar-refractivity contribution < 1.29 is 29.1 Å². The number of carbonyl (C=O) groups excluding carboxylic acids is 2. The zero-order valence-electron chi connectivity index (χ0n) is 41.9. The SMILES string of the molecule is CNc1nn(C2CCN(c3ncc(C4CCN(CCOc5cc(C(C(=O)N6C[C@H](O)C[C@H]6C(=O)N[C@@H](C)c6ccc(-c7scnc7C)cc6)C(C)C)on5)CC4)cn3)CC2)c2cc(-c3ccccc3O)nnc12. The lowest BCUT2D eigenvalue weighted by atomic mass is 9.91. The highest BCUT2D eigenvalue weighted by molar-refractivity contribution is 7.13. The molecule has 4 atom stereocenters. The summed E-state index contributed by atoms with van der Waals surface area (Å²) in [7, 11) is 1.83. The first-order chi connectivity index (χ1) is 35.4. The second-order valence-electron chi connectivity index (χ2n) is 19.8. The molecule has 10 rings (SSSR count). The number of carbonyl (C=O) groups is 2. The molecule has 0 aliphatic carbocycles. The minimum atomic E-state index is -0.830. The number of likely N-dealkylation sites (tertiary alicyclic amines) is 2. The van der Waals surface area contributed by atoms with Crippen LogP contribution in [-0.2, 0) is 9.59 Å². The van der Waals surface area contributed by atoms with Crippen LogP contribution in [0.5, 0.6) is 11.6 Å². The highest BCUT2D eigenvalue weighted by atomic mass is 32.1. The number of nitrogens with one attached hydrogen (secondary N) is 2. The third-order valence-electron chi connectivity index (χ3n) is 14.7. The Morgan fingerprint density at radius 2 is 1.70 bits per heavy atom. The fraction of sp³-hybridized carbons (Fsp3) is 0.453. The van der Waals surface area contributed by atoms with Gasteiger partial charge in [0.15, 0.2) is 17.1 Å². The fourth-order valence-corrected chi connectivity index (χ4v) is 11.4. The highest BCUT2D eigenvalue weighted by Gasteiger charge is 2.43. The summed E-state index contributed by atoms with van der Waals surface area (Å²) in [6.07, 6.45) is 6.97. The van der Waals surface area contributed by atoms with Gasteiger partial charge < -0.3 is 39.9 Å². The molecule has 7 aromatic rings. The Labute approximate surface area is 428 Å². The molecule has 1 unspecified atom stereocenters. The predicted molar refractivity (Wildman–Crippen MR) is 277 cm³/mol. The van der Waals surface area contributed by atoms with E-state index < -0.39 is 18.1 Å². The number of aromatic hydroxyl groups is 1. The first kappa shape index (κ1) is 49.5. The number of thiazole rings is 1. The molecular weight excluding hydrogens is 947 g/mol. The van der Waals surface area contributed by atoms with Crippen LogP contribution in [0.25, 0.3) is 32.7 Å². The molecule has 5 aromatic heterocycles. The molecule has 73 heavy (non-hydrogen) atoms. The third kappa shape index (κ3) is 10.6. The number of anilines is 2. The van der Waals surface area contributed by atoms with E-state index in [0.29, 0.717) is 53.3 Å². The summed E-state index contributed by atoms with van der Waals surface area (Å²) in [5, 5.41) is 45.4. The maximum atomic E-state index is 14.2. The smallest absolute Gasteiger partial charge is 0.254 e. The molecule has 0 spiro atoms. The van der Waals surface area contributed by atoms with Gasteiger partial charge in [-0.1, -0.05) is 50.2 Å². The lowest BCUT2D eigenvalue weighted by Gasteiger charge is -2.33. The number of phenolic OH excluding ortho intramolecular Hbond substituents is 1. The second-order valence-corrected chi connectivity index (χ2v) is 20.7. The molecule has 2 aromatic carbocycles. The molecular formula is C53H63N13O6S. The number of phenols is 1. The number of hydrogen-bond donors (Lipinski definition) is 4. The van der Waals surface area contributed by atoms with E-state index in [9.17, 15) is 19.8 Å². The molecule has 4 N–H and O–H groups in total. The Morgan fingerprint density at radius 3 is 2.40 bits per heavy atom. The number of hydrogen-bond acceptors (Lipinski definition) is 17. The quantitative estimate of drug-likeness (QED) is 0.0755. The first-order valence-electron chi connectivity index (χ1n) is 25.3. The van der Waals surface area contributed by atoms with Gasteiger partial charge in [-0.05, 0) is 105 Å². The van der Waals surface area contributed by atoms with Crippen LogP contribution in [0, 0.1) is 12.8 Å². The number of fused-ring (bicyclic) bond motifs is 1. The third-order valence-corrected chi connectivity index (χ3v) is 15.7. The molecule has 3 saturated heterocycles. The zero-order valence-corrected chi connectivity index (χ0v) is 42.7. The average molecular weight is 1010 g/mol. The predicted octanol–water partition coefficient (Wildman–Crippen LogP) is 7.13. The number of aliphatic hydroxyl groups excluding tert-OH is 1. The van der Waals surface area contributed by atoms with E-state index in [1.54, 1.807) is 29.5 Å². The van der Waals surface area contributed by atoms with Crippen molar-refractivity contribution >= 4 is 46.0 Å². The monoisotopic (exact) mass is 1010 g/mol. The number of aliphatic hydroxyl groups is 1. The standard InChI is InChI=1S/C53H63N13O6S/c1-31(2)47(52(70)65-29-39(67)24-43(65)51(69)58-32(3)34-10-12-36(13-11-34)49-33(4)57-30-73-49)45-26-46(62-72-45)71-23-22-63-18-14-35(15-19-63)37-27-55-53(56-28-37)64-20-16-38(17-21-64)66-42-25-41(40-8-6-7-9-44(40)68)59-60-48(42)50(54-5)61-66/h6-13,25-28,30-32,35,38-39,43,47,67-68H,14-24,29H2,1-5H3,(H,54,61)(H,58,69)/t32-,39+,43-,47?/m0/s1. The number of piperidine rings is 2. The number of benzene rings is 2. The van der Waals surface area contributed by atoms with Gasteiger partial charge in [-0.3, -0.25) is 19.2 Å². The van der Waals surface area contributed by atoms with Crippen molar-refractivity contribution in [2.45, 2.75) is 95.9 Å². The number of amides is 2. The van der Waals surface area contributed by atoms with E-state index in [2.05, 4.69) is 40.8 Å². The van der Waals surface area contributed by atoms with Crippen LogP contribution < -0.4 is 20.3 Å². The summed E-state index contributed by atoms with van der Waals surface area (Å²) < 4.78 is 13.8. The topological polar surface area (TPSA) is 226 Å². The van der Waals surface area contributed by atoms with Crippen LogP contribution in [-0.4, -0.2) is 137 Å². The maximum Gasteiger partial charge on any atom is 0.254 e. The van der Waals surface area contributed by atoms with E-state index in [1.807, 2.05) is 99.8 Å². The van der Waals surface area contributed by atoms with Crippen LogP contribution in [0.2, 0.25) is 0 Å². The van der Waals surface area contributed by atoms with Crippen molar-refractivity contribution in [2.24, 2.45) is 5.92 Å². The first-order valence-corrected chi connectivity index (χ1v) is 26.2. The lowest BCUT2D eigenvalue weighted by molar-refractivity contribution is -0.141. The molecule has 3 fully saturated rings. The van der Waals surface area contributed by atoms with Crippen LogP contribution in [0.1, 0.15) is 99.4 Å². The Hall–Kier alpha value is -7.03. The Balaban J connectivity index is 0.679. The normalized spacial score (nSPS) is 18.9. The lowest BCUT2D eigenvalue weighted by Crippen LogP contribution is -2.48. The van der Waals surface area contributed by atoms with Crippen molar-refractivity contribution in [3.63, 3.8) is 0 Å². The number of rotatable bonds is 16. The zero-order chi connectivity index (χ0) is 50.8. The van der Waals surface area contributed by atoms with Gasteiger partial charge in [0.2, 0.25) is 17.8 Å². The minimum absolute atomic E-state index is 0.0523. The van der Waals surface area contributed by atoms with Gasteiger partial charge in [-0.15, -0.1) is 21.5 Å². The molecule has 382 valence electrons. The molecule has 0 radical (unpaired) electrons. The molecule has 8 heterocycles. The van der Waals surface area contributed by atoms with Crippen molar-refractivity contribution in [1.29, 1.82) is 0 Å². The van der Waals surface area contributed by atoms with Crippen LogP contribution in [0.3, 0.4) is 0 Å². The van der Waals surface area contributed by atoms with Gasteiger partial charge in [0, 0.05) is 63.7 Å². The van der Waals surface area contributed by atoms with Crippen molar-refractivity contribution in [3.05, 3.63) is 101 Å². The number of β-amino-alcohol motifs (C(OH)–C–C–N with tert-alkyl or cyclic N) is 1. The highest BCUT2D eigenvalue weighted by Crippen LogP contribution is 2.36. The molecule has 3 aliphatic heterocycles. The second kappa shape index (κ2) is 21.6. The van der Waals surface area contributed by atoms with E-state index >= 15 is 0 Å². The van der Waals surface area contributed by atoms with Crippen molar-refractivity contribution in [2.75, 3.05) is 63.1 Å². The van der Waals surface area contributed by atoms with E-state index in [0.717, 1.165) is 90.6 Å². The van der Waals surface area contributed by atoms with Crippen LogP contribution in [0.4, 0.5) is 11.8 Å². The number of para-hydroxylation sites is 1. The number of nitrogens with zero attached hydrogens (tertiary/aromatic N) is 11. The molecule has 2 amide bonds. The molecule has 0 saturated carbocycles. The van der Waals surface area contributed by atoms with E-state index in [1.165, 1.54) is 4.90 Å². The van der Waals surface area contributed by atoms with Crippen molar-refractivity contribution in [1.82, 2.24) is 55.2 Å². The summed E-state index contributed by atoms with van der Waals surface area (Å²) in [4.78, 5) is 49.2. The van der Waals surface area contributed by atoms with Crippen molar-refractivity contribution in [3.8, 4) is 33.3 Å². The van der Waals surface area contributed by atoms with Crippen LogP contribution >= 0.6 is 11.3 Å². The summed E-state index contributed by atoms with van der Waals surface area (Å²) in [6.45, 7) is 12.3. The molecule has 3 aliphatic rings. The molecule has 20 heteroatoms. The summed E-state index contributed by atoms with van der Waals surface area (Å²) in [5.41, 5.74) is 8.75. The maximum absolute atomic E-state index is 14.2. The summed E-state index contributed by atoms with van der Waals surface area (Å²) in [6, 6.07) is 17.8. The van der Waals surface area contributed by atoms with Gasteiger partial charge in [0.1, 0.15) is 24.3 Å². The van der Waals surface area contributed by atoms with Gasteiger partial charge >= 0.3 is 0 Å². The average Bonchev–Trinajstić information content (AvgIpc) is 4.23. The Bertz CT molecular complexity index is 3020. The molecule has 19 nitrogen and oxygen atoms in total. The number of aromatic nitrogens is 8. The fourth-order valence-electron chi connectivity index (χ4n) is 10.6. The number of aryl methyl sites for hydroxylation is 1. The van der Waals surface area contributed by atoms with Gasteiger partial charge in [-0.2, -0.15) is 5.10 Å². The Kier molecular flexibility index (Phi) is 14.7. The van der Waals surface area contributed by atoms with Gasteiger partial charge in [0.05, 0.1) is 45.5 Å². The molecule has 0 bridgehead atoms. The number of ether oxygens (including phenoxy) is 1. The van der Waals surface area contributed by atoms with Gasteiger partial charge in [-0.25, -0.2) is 15.0 Å². The minimum Gasteiger partial charge on any atom is -0.507 e.